The Morgan fingerprint density at radius 1 is 1.13 bits per heavy atom. The van der Waals surface area contributed by atoms with Crippen LogP contribution >= 0.6 is 0 Å². The number of aliphatic carboxylic acids is 1. The van der Waals surface area contributed by atoms with E-state index in [-0.39, 0.29) is 5.56 Å². The van der Waals surface area contributed by atoms with Crippen molar-refractivity contribution in [3.05, 3.63) is 48.0 Å². The number of furan rings is 1. The molecule has 1 aromatic heterocycles. The number of hydrogen-bond acceptors (Lipinski definition) is 4. The average Bonchev–Trinajstić information content (AvgIpc) is 2.90. The van der Waals surface area contributed by atoms with Crippen LogP contribution in [0.1, 0.15) is 12.0 Å². The molecule has 0 aliphatic carbocycles. The van der Waals surface area contributed by atoms with Crippen molar-refractivity contribution in [2.24, 2.45) is 5.16 Å². The largest absolute Gasteiger partial charge is 0.477 e. The van der Waals surface area contributed by atoms with E-state index in [4.69, 9.17) is 14.7 Å². The van der Waals surface area contributed by atoms with Crippen molar-refractivity contribution in [3.8, 4) is 0 Å². The molecular formula is C16H11F2NO4. The molecule has 3 aromatic rings. The molecule has 0 aliphatic rings. The zero-order valence-corrected chi connectivity index (χ0v) is 11.7. The van der Waals surface area contributed by atoms with Gasteiger partial charge in [-0.25, -0.2) is 4.79 Å². The lowest BCUT2D eigenvalue weighted by molar-refractivity contribution is -0.163. The summed E-state index contributed by atoms with van der Waals surface area (Å²) in [7, 11) is 0. The third-order valence-electron chi connectivity index (χ3n) is 3.53. The van der Waals surface area contributed by atoms with Crippen LogP contribution in [0.2, 0.25) is 0 Å². The highest BCUT2D eigenvalue weighted by molar-refractivity contribution is 6.10. The van der Waals surface area contributed by atoms with E-state index in [1.165, 1.54) is 12.1 Å². The fourth-order valence-electron chi connectivity index (χ4n) is 2.39. The van der Waals surface area contributed by atoms with E-state index >= 15 is 0 Å². The molecular weight excluding hydrogens is 308 g/mol. The maximum atomic E-state index is 13.4. The van der Waals surface area contributed by atoms with E-state index in [0.717, 1.165) is 5.39 Å². The Balaban J connectivity index is 2.08. The first-order valence-electron chi connectivity index (χ1n) is 6.66. The van der Waals surface area contributed by atoms with E-state index in [2.05, 4.69) is 5.16 Å². The summed E-state index contributed by atoms with van der Waals surface area (Å²) >= 11 is 0. The molecule has 0 atom stereocenters. The van der Waals surface area contributed by atoms with Gasteiger partial charge >= 0.3 is 11.9 Å². The van der Waals surface area contributed by atoms with Crippen LogP contribution in [0, 0.1) is 0 Å². The Hall–Kier alpha value is -2.96. The van der Waals surface area contributed by atoms with Crippen LogP contribution < -0.4 is 0 Å². The Bertz CT molecular complexity index is 930. The lowest BCUT2D eigenvalue weighted by Crippen LogP contribution is -2.31. The van der Waals surface area contributed by atoms with Crippen LogP contribution in [-0.2, 0) is 4.79 Å². The standard InChI is InChI=1S/C16H11F2NO4/c17-16(18,15(20)21)8-12(19-22)9-5-6-14-11(7-9)10-3-1-2-4-13(10)23-14/h1-7,22H,8H2,(H,20,21). The summed E-state index contributed by atoms with van der Waals surface area (Å²) in [6, 6.07) is 11.7. The summed E-state index contributed by atoms with van der Waals surface area (Å²) < 4.78 is 32.3. The van der Waals surface area contributed by atoms with Gasteiger partial charge in [-0.3, -0.25) is 0 Å². The number of hydrogen-bond donors (Lipinski definition) is 2. The Kier molecular flexibility index (Phi) is 3.48. The molecule has 0 unspecified atom stereocenters. The van der Waals surface area contributed by atoms with Crippen LogP contribution in [-0.4, -0.2) is 27.9 Å². The highest BCUT2D eigenvalue weighted by Gasteiger charge is 2.40. The lowest BCUT2D eigenvalue weighted by atomic mass is 10.0. The predicted molar refractivity (Wildman–Crippen MR) is 79.2 cm³/mol. The van der Waals surface area contributed by atoms with Crippen molar-refractivity contribution < 1.29 is 28.3 Å². The molecule has 0 spiro atoms. The normalized spacial score (nSPS) is 12.9. The molecule has 0 aliphatic heterocycles. The second-order valence-corrected chi connectivity index (χ2v) is 5.04. The number of alkyl halides is 2. The van der Waals surface area contributed by atoms with Crippen molar-refractivity contribution >= 4 is 33.6 Å². The highest BCUT2D eigenvalue weighted by Crippen LogP contribution is 2.30. The second-order valence-electron chi connectivity index (χ2n) is 5.04. The van der Waals surface area contributed by atoms with Crippen LogP contribution in [0.4, 0.5) is 8.78 Å². The minimum absolute atomic E-state index is 0.201. The lowest BCUT2D eigenvalue weighted by Gasteiger charge is -2.12. The number of oxime groups is 1. The molecule has 3 rings (SSSR count). The van der Waals surface area contributed by atoms with Crippen molar-refractivity contribution in [1.29, 1.82) is 0 Å². The average molecular weight is 319 g/mol. The number of carboxylic acids is 1. The molecule has 5 nitrogen and oxygen atoms in total. The number of nitrogens with zero attached hydrogens (tertiary/aromatic N) is 1. The number of carbonyl (C=O) groups is 1. The van der Waals surface area contributed by atoms with Gasteiger partial charge in [0.25, 0.3) is 0 Å². The summed E-state index contributed by atoms with van der Waals surface area (Å²) in [5, 5.41) is 21.8. The highest BCUT2D eigenvalue weighted by atomic mass is 19.3. The predicted octanol–water partition coefficient (Wildman–Crippen LogP) is 3.87. The van der Waals surface area contributed by atoms with Crippen molar-refractivity contribution in [2.75, 3.05) is 0 Å². The summed E-state index contributed by atoms with van der Waals surface area (Å²) in [5.41, 5.74) is 0.979. The van der Waals surface area contributed by atoms with Crippen LogP contribution in [0.25, 0.3) is 21.9 Å². The molecule has 0 amide bonds. The van der Waals surface area contributed by atoms with Crippen LogP contribution in [0.5, 0.6) is 0 Å². The number of para-hydroxylation sites is 1. The summed E-state index contributed by atoms with van der Waals surface area (Å²) in [5.74, 6) is -6.29. The van der Waals surface area contributed by atoms with Crippen LogP contribution in [0.3, 0.4) is 0 Å². The van der Waals surface area contributed by atoms with E-state index in [1.54, 1.807) is 18.2 Å². The topological polar surface area (TPSA) is 83.0 Å². The van der Waals surface area contributed by atoms with Gasteiger partial charge in [-0.05, 0) is 24.3 Å². The number of rotatable bonds is 4. The summed E-state index contributed by atoms with van der Waals surface area (Å²) in [6.07, 6.45) is -1.21. The van der Waals surface area contributed by atoms with Gasteiger partial charge in [0, 0.05) is 16.3 Å². The van der Waals surface area contributed by atoms with Crippen LogP contribution in [0.15, 0.2) is 52.0 Å². The van der Waals surface area contributed by atoms with Gasteiger partial charge < -0.3 is 14.7 Å². The van der Waals surface area contributed by atoms with Gasteiger partial charge in [0.15, 0.2) is 0 Å². The maximum Gasteiger partial charge on any atom is 0.374 e. The number of fused-ring (bicyclic) bond motifs is 3. The number of carboxylic acid groups (broad SMARTS) is 1. The Morgan fingerprint density at radius 3 is 2.52 bits per heavy atom. The van der Waals surface area contributed by atoms with E-state index in [9.17, 15) is 13.6 Å². The molecule has 0 radical (unpaired) electrons. The van der Waals surface area contributed by atoms with E-state index in [1.807, 2.05) is 12.1 Å². The van der Waals surface area contributed by atoms with Gasteiger partial charge in [0.05, 0.1) is 12.1 Å². The summed E-state index contributed by atoms with van der Waals surface area (Å²) in [6.45, 7) is 0. The molecule has 1 heterocycles. The van der Waals surface area contributed by atoms with Crippen molar-refractivity contribution in [1.82, 2.24) is 0 Å². The van der Waals surface area contributed by atoms with Gasteiger partial charge in [0.1, 0.15) is 11.2 Å². The fourth-order valence-corrected chi connectivity index (χ4v) is 2.39. The van der Waals surface area contributed by atoms with E-state index in [0.29, 0.717) is 16.6 Å². The second kappa shape index (κ2) is 5.35. The molecule has 0 saturated carbocycles. The van der Waals surface area contributed by atoms with Crippen molar-refractivity contribution in [3.63, 3.8) is 0 Å². The third kappa shape index (κ3) is 2.61. The first-order chi connectivity index (χ1) is 10.9. The Labute approximate surface area is 128 Å². The number of benzene rings is 2. The molecule has 2 aromatic carbocycles. The van der Waals surface area contributed by atoms with E-state index < -0.39 is 24.0 Å². The minimum Gasteiger partial charge on any atom is -0.477 e. The molecule has 0 bridgehead atoms. The SMILES string of the molecule is O=C(O)C(F)(F)CC(=NO)c1ccc2oc3ccccc3c2c1. The quantitative estimate of drug-likeness (QED) is 0.434. The first-order valence-corrected chi connectivity index (χ1v) is 6.66. The molecule has 118 valence electrons. The number of halogens is 2. The molecule has 7 heteroatoms. The third-order valence-corrected chi connectivity index (χ3v) is 3.53. The summed E-state index contributed by atoms with van der Waals surface area (Å²) in [4.78, 5) is 10.5. The van der Waals surface area contributed by atoms with Gasteiger partial charge in [0.2, 0.25) is 0 Å². The maximum absolute atomic E-state index is 13.4. The smallest absolute Gasteiger partial charge is 0.374 e. The zero-order chi connectivity index (χ0) is 16.6. The van der Waals surface area contributed by atoms with Crippen molar-refractivity contribution in [2.45, 2.75) is 12.3 Å². The molecule has 2 N–H and O–H groups in total. The molecule has 23 heavy (non-hydrogen) atoms. The van der Waals surface area contributed by atoms with Gasteiger partial charge in [-0.2, -0.15) is 8.78 Å². The fraction of sp³-hybridized carbons (Fsp3) is 0.125. The molecule has 0 saturated heterocycles. The first kappa shape index (κ1) is 15.0. The molecule has 0 fully saturated rings. The van der Waals surface area contributed by atoms with Gasteiger partial charge in [-0.1, -0.05) is 23.4 Å². The van der Waals surface area contributed by atoms with Gasteiger partial charge in [-0.15, -0.1) is 0 Å². The monoisotopic (exact) mass is 319 g/mol. The zero-order valence-electron chi connectivity index (χ0n) is 11.7. The minimum atomic E-state index is -4.02. The Morgan fingerprint density at radius 2 is 1.83 bits per heavy atom.